The molecule has 2 aromatic rings. The van der Waals surface area contributed by atoms with Crippen LogP contribution in [0.4, 0.5) is 17.6 Å². The Hall–Kier alpha value is -1.83. The van der Waals surface area contributed by atoms with Crippen LogP contribution in [0.5, 0.6) is 5.75 Å². The van der Waals surface area contributed by atoms with Gasteiger partial charge < -0.3 is 9.15 Å². The number of carbonyl (C=O) groups is 1. The van der Waals surface area contributed by atoms with Gasteiger partial charge in [0.2, 0.25) is 0 Å². The summed E-state index contributed by atoms with van der Waals surface area (Å²) in [7, 11) is 0. The van der Waals surface area contributed by atoms with E-state index >= 15 is 0 Å². The molecule has 0 saturated heterocycles. The maximum absolute atomic E-state index is 13.6. The maximum Gasteiger partial charge on any atom is 0.573 e. The van der Waals surface area contributed by atoms with E-state index in [1.54, 1.807) is 0 Å². The first-order valence-electron chi connectivity index (χ1n) is 5.11. The third-order valence-electron chi connectivity index (χ3n) is 2.27. The van der Waals surface area contributed by atoms with Crippen LogP contribution in [0.2, 0.25) is 0 Å². The summed E-state index contributed by atoms with van der Waals surface area (Å²) in [6, 6.07) is 4.51. The highest BCUT2D eigenvalue weighted by molar-refractivity contribution is 9.10. The first-order valence-corrected chi connectivity index (χ1v) is 5.90. The number of ether oxygens (including phenoxy) is 1. The molecule has 0 aliphatic rings. The Morgan fingerprint density at radius 1 is 1.20 bits per heavy atom. The van der Waals surface area contributed by atoms with Gasteiger partial charge in [-0.3, -0.25) is 4.79 Å². The van der Waals surface area contributed by atoms with Crippen molar-refractivity contribution < 1.29 is 31.5 Å². The molecule has 106 valence electrons. The van der Waals surface area contributed by atoms with Crippen molar-refractivity contribution in [2.75, 3.05) is 0 Å². The molecule has 0 N–H and O–H groups in total. The fraction of sp³-hybridized carbons (Fsp3) is 0.0833. The number of carbonyl (C=O) groups excluding carboxylic acids is 1. The minimum absolute atomic E-state index is 0.103. The van der Waals surface area contributed by atoms with Crippen LogP contribution >= 0.6 is 15.9 Å². The van der Waals surface area contributed by atoms with Crippen LogP contribution in [0.3, 0.4) is 0 Å². The van der Waals surface area contributed by atoms with Crippen molar-refractivity contribution in [1.29, 1.82) is 0 Å². The van der Waals surface area contributed by atoms with E-state index in [9.17, 15) is 22.4 Å². The molecule has 20 heavy (non-hydrogen) atoms. The van der Waals surface area contributed by atoms with Gasteiger partial charge in [-0.2, -0.15) is 0 Å². The quantitative estimate of drug-likeness (QED) is 0.600. The van der Waals surface area contributed by atoms with E-state index in [1.807, 2.05) is 0 Å². The molecular formula is C12H5BrF4O3. The summed E-state index contributed by atoms with van der Waals surface area (Å²) in [6.45, 7) is 0. The van der Waals surface area contributed by atoms with Gasteiger partial charge >= 0.3 is 6.36 Å². The molecule has 0 amide bonds. The highest BCUT2D eigenvalue weighted by atomic mass is 79.9. The van der Waals surface area contributed by atoms with Crippen molar-refractivity contribution in [2.24, 2.45) is 0 Å². The smallest absolute Gasteiger partial charge is 0.453 e. The Kier molecular flexibility index (Phi) is 3.85. The van der Waals surface area contributed by atoms with Gasteiger partial charge in [-0.1, -0.05) is 0 Å². The van der Waals surface area contributed by atoms with Crippen LogP contribution in [0.1, 0.15) is 10.6 Å². The van der Waals surface area contributed by atoms with Gasteiger partial charge in [0.25, 0.3) is 0 Å². The lowest BCUT2D eigenvalue weighted by Crippen LogP contribution is -2.18. The second kappa shape index (κ2) is 5.28. The number of aldehydes is 1. The monoisotopic (exact) mass is 352 g/mol. The third kappa shape index (κ3) is 3.01. The average molecular weight is 353 g/mol. The Morgan fingerprint density at radius 2 is 1.90 bits per heavy atom. The lowest BCUT2D eigenvalue weighted by molar-refractivity contribution is -0.275. The third-order valence-corrected chi connectivity index (χ3v) is 2.93. The second-order valence-corrected chi connectivity index (χ2v) is 4.46. The SMILES string of the molecule is O=Cc1ccc(-c2c(Br)ccc(F)c2OC(F)(F)F)o1. The van der Waals surface area contributed by atoms with Crippen LogP contribution in [0.25, 0.3) is 11.3 Å². The van der Waals surface area contributed by atoms with Crippen molar-refractivity contribution in [2.45, 2.75) is 6.36 Å². The van der Waals surface area contributed by atoms with Crippen molar-refractivity contribution in [3.8, 4) is 17.1 Å². The standard InChI is InChI=1S/C12H5BrF4O3/c13-7-2-3-8(14)11(20-12(15,16)17)10(7)9-4-1-6(5-18)19-9/h1-5H. The average Bonchev–Trinajstić information content (AvgIpc) is 2.81. The van der Waals surface area contributed by atoms with E-state index in [4.69, 9.17) is 4.42 Å². The zero-order valence-corrected chi connectivity index (χ0v) is 11.1. The van der Waals surface area contributed by atoms with E-state index in [-0.39, 0.29) is 21.6 Å². The van der Waals surface area contributed by atoms with E-state index < -0.39 is 17.9 Å². The van der Waals surface area contributed by atoms with Crippen LogP contribution < -0.4 is 4.74 Å². The summed E-state index contributed by atoms with van der Waals surface area (Å²) < 4.78 is 59.4. The van der Waals surface area contributed by atoms with Gasteiger partial charge in [0, 0.05) is 4.47 Å². The normalized spacial score (nSPS) is 11.4. The predicted octanol–water partition coefficient (Wildman–Crippen LogP) is 4.56. The Bertz CT molecular complexity index is 649. The van der Waals surface area contributed by atoms with E-state index in [0.717, 1.165) is 6.07 Å². The largest absolute Gasteiger partial charge is 0.573 e. The topological polar surface area (TPSA) is 39.4 Å². The molecule has 8 heteroatoms. The van der Waals surface area contributed by atoms with Gasteiger partial charge in [0.15, 0.2) is 23.6 Å². The first kappa shape index (κ1) is 14.6. The molecule has 0 saturated carbocycles. The lowest BCUT2D eigenvalue weighted by atomic mass is 10.1. The number of halogens is 5. The van der Waals surface area contributed by atoms with E-state index in [0.29, 0.717) is 6.29 Å². The second-order valence-electron chi connectivity index (χ2n) is 3.60. The molecule has 0 aliphatic carbocycles. The van der Waals surface area contributed by atoms with Gasteiger partial charge in [-0.15, -0.1) is 13.2 Å². The summed E-state index contributed by atoms with van der Waals surface area (Å²) in [4.78, 5) is 10.5. The fourth-order valence-electron chi connectivity index (χ4n) is 1.53. The molecule has 0 radical (unpaired) electrons. The molecule has 0 aliphatic heterocycles. The highest BCUT2D eigenvalue weighted by Gasteiger charge is 2.35. The summed E-state index contributed by atoms with van der Waals surface area (Å²) in [5.41, 5.74) is -0.268. The van der Waals surface area contributed by atoms with Crippen LogP contribution in [-0.4, -0.2) is 12.6 Å². The number of benzene rings is 1. The summed E-state index contributed by atoms with van der Waals surface area (Å²) in [5.74, 6) is -2.46. The molecule has 0 atom stereocenters. The molecule has 0 unspecified atom stereocenters. The Balaban J connectivity index is 2.61. The van der Waals surface area contributed by atoms with Crippen molar-refractivity contribution >= 4 is 22.2 Å². The maximum atomic E-state index is 13.6. The van der Waals surface area contributed by atoms with Crippen LogP contribution in [-0.2, 0) is 0 Å². The van der Waals surface area contributed by atoms with E-state index in [2.05, 4.69) is 20.7 Å². The van der Waals surface area contributed by atoms with Crippen LogP contribution in [0.15, 0.2) is 33.2 Å². The van der Waals surface area contributed by atoms with Gasteiger partial charge in [-0.05, 0) is 40.2 Å². The summed E-state index contributed by atoms with van der Waals surface area (Å²) in [6.07, 6.45) is -4.68. The molecule has 0 bridgehead atoms. The number of hydrogen-bond donors (Lipinski definition) is 0. The van der Waals surface area contributed by atoms with Crippen molar-refractivity contribution in [1.82, 2.24) is 0 Å². The number of furan rings is 1. The summed E-state index contributed by atoms with van der Waals surface area (Å²) in [5, 5.41) is 0. The van der Waals surface area contributed by atoms with Gasteiger partial charge in [0.05, 0.1) is 5.56 Å². The van der Waals surface area contributed by atoms with Gasteiger partial charge in [-0.25, -0.2) is 4.39 Å². The molecule has 2 rings (SSSR count). The van der Waals surface area contributed by atoms with Crippen LogP contribution in [0, 0.1) is 5.82 Å². The fourth-order valence-corrected chi connectivity index (χ4v) is 2.04. The molecule has 1 aromatic carbocycles. The molecule has 0 fully saturated rings. The Labute approximate surface area is 118 Å². The van der Waals surface area contributed by atoms with Crippen molar-refractivity contribution in [3.05, 3.63) is 40.3 Å². The molecule has 1 heterocycles. The minimum atomic E-state index is -5.06. The highest BCUT2D eigenvalue weighted by Crippen LogP contribution is 2.41. The molecular weight excluding hydrogens is 348 g/mol. The molecule has 0 spiro atoms. The zero-order chi connectivity index (χ0) is 14.9. The molecule has 1 aromatic heterocycles. The zero-order valence-electron chi connectivity index (χ0n) is 9.50. The number of rotatable bonds is 3. The predicted molar refractivity (Wildman–Crippen MR) is 63.9 cm³/mol. The number of alkyl halides is 3. The Morgan fingerprint density at radius 3 is 2.45 bits per heavy atom. The lowest BCUT2D eigenvalue weighted by Gasteiger charge is -2.14. The minimum Gasteiger partial charge on any atom is -0.453 e. The molecule has 3 nitrogen and oxygen atoms in total. The number of hydrogen-bond acceptors (Lipinski definition) is 3. The first-order chi connectivity index (χ1) is 9.31. The summed E-state index contributed by atoms with van der Waals surface area (Å²) >= 11 is 2.99. The van der Waals surface area contributed by atoms with E-state index in [1.165, 1.54) is 18.2 Å². The van der Waals surface area contributed by atoms with Gasteiger partial charge in [0.1, 0.15) is 5.76 Å². The van der Waals surface area contributed by atoms with Crippen molar-refractivity contribution in [3.63, 3.8) is 0 Å².